The molecule has 0 aliphatic heterocycles. The standard InChI is InChI=1S/C21H23ClFN5O4/c1-12(2)10-27-16-5-4-14(22)8-13(16)9-17(27)19(30)24-6-3-7-25-20(31)28-11-15(23)18(29)26-21(28)32/h4-5,8-9,11-12H,3,6-7,10H2,1-2H3,(H,24,30)(H,25,31)(H,26,29,32). The van der Waals surface area contributed by atoms with Crippen molar-refractivity contribution < 1.29 is 14.0 Å². The van der Waals surface area contributed by atoms with Gasteiger partial charge >= 0.3 is 11.7 Å². The van der Waals surface area contributed by atoms with Crippen LogP contribution in [0.5, 0.6) is 0 Å². The highest BCUT2D eigenvalue weighted by Gasteiger charge is 2.16. The van der Waals surface area contributed by atoms with Crippen molar-refractivity contribution >= 4 is 34.4 Å². The first kappa shape index (κ1) is 23.3. The second-order valence-electron chi connectivity index (χ2n) is 7.68. The van der Waals surface area contributed by atoms with E-state index in [2.05, 4.69) is 24.5 Å². The Labute approximate surface area is 187 Å². The van der Waals surface area contributed by atoms with E-state index in [1.807, 2.05) is 16.7 Å². The van der Waals surface area contributed by atoms with Crippen LogP contribution in [0.25, 0.3) is 10.9 Å². The van der Waals surface area contributed by atoms with Gasteiger partial charge in [0.05, 0.1) is 6.20 Å². The van der Waals surface area contributed by atoms with Gasteiger partial charge in [-0.3, -0.25) is 14.6 Å². The minimum atomic E-state index is -1.25. The van der Waals surface area contributed by atoms with E-state index in [1.165, 1.54) is 0 Å². The zero-order valence-corrected chi connectivity index (χ0v) is 18.3. The largest absolute Gasteiger partial charge is 0.351 e. The molecule has 0 saturated carbocycles. The number of aromatic nitrogens is 3. The minimum Gasteiger partial charge on any atom is -0.351 e. The normalized spacial score (nSPS) is 11.2. The van der Waals surface area contributed by atoms with E-state index in [0.29, 0.717) is 40.4 Å². The van der Waals surface area contributed by atoms with E-state index >= 15 is 0 Å². The Bertz CT molecular complexity index is 1280. The van der Waals surface area contributed by atoms with Crippen molar-refractivity contribution in [3.8, 4) is 0 Å². The Morgan fingerprint density at radius 2 is 1.88 bits per heavy atom. The Hall–Kier alpha value is -3.40. The first-order valence-corrected chi connectivity index (χ1v) is 10.4. The second-order valence-corrected chi connectivity index (χ2v) is 8.12. The number of amides is 2. The maximum atomic E-state index is 13.3. The van der Waals surface area contributed by atoms with Crippen molar-refractivity contribution in [1.29, 1.82) is 0 Å². The number of H-pyrrole nitrogens is 1. The molecule has 32 heavy (non-hydrogen) atoms. The quantitative estimate of drug-likeness (QED) is 0.466. The molecule has 0 saturated heterocycles. The summed E-state index contributed by atoms with van der Waals surface area (Å²) in [5.41, 5.74) is -0.812. The highest BCUT2D eigenvalue weighted by atomic mass is 35.5. The zero-order chi connectivity index (χ0) is 23.4. The molecule has 2 aromatic heterocycles. The monoisotopic (exact) mass is 463 g/mol. The molecule has 3 N–H and O–H groups in total. The third-order valence-corrected chi connectivity index (χ3v) is 4.91. The van der Waals surface area contributed by atoms with Gasteiger partial charge < -0.3 is 15.2 Å². The lowest BCUT2D eigenvalue weighted by molar-refractivity contribution is 0.0944. The van der Waals surface area contributed by atoms with Crippen molar-refractivity contribution in [2.24, 2.45) is 5.92 Å². The molecule has 9 nitrogen and oxygen atoms in total. The van der Waals surface area contributed by atoms with Gasteiger partial charge in [0.25, 0.3) is 11.5 Å². The molecular formula is C21H23ClFN5O4. The highest BCUT2D eigenvalue weighted by Crippen LogP contribution is 2.24. The van der Waals surface area contributed by atoms with Crippen LogP contribution in [0, 0.1) is 11.7 Å². The van der Waals surface area contributed by atoms with Crippen LogP contribution in [0.4, 0.5) is 9.18 Å². The predicted molar refractivity (Wildman–Crippen MR) is 119 cm³/mol. The lowest BCUT2D eigenvalue weighted by Crippen LogP contribution is -2.41. The molecular weight excluding hydrogens is 441 g/mol. The number of hydrogen-bond acceptors (Lipinski definition) is 4. The molecule has 0 radical (unpaired) electrons. The van der Waals surface area contributed by atoms with Crippen molar-refractivity contribution in [3.05, 3.63) is 67.8 Å². The number of rotatable bonds is 7. The van der Waals surface area contributed by atoms with Crippen LogP contribution in [0.1, 0.15) is 30.8 Å². The number of carbonyl (C=O) groups excluding carboxylic acids is 2. The molecule has 0 aliphatic carbocycles. The molecule has 2 amide bonds. The molecule has 0 bridgehead atoms. The van der Waals surface area contributed by atoms with Crippen LogP contribution in [-0.4, -0.2) is 39.1 Å². The molecule has 1 aromatic carbocycles. The maximum absolute atomic E-state index is 13.3. The third-order valence-electron chi connectivity index (χ3n) is 4.68. The summed E-state index contributed by atoms with van der Waals surface area (Å²) in [6.07, 6.45) is 0.895. The lowest BCUT2D eigenvalue weighted by Gasteiger charge is -2.13. The first-order chi connectivity index (χ1) is 15.2. The average molecular weight is 464 g/mol. The van der Waals surface area contributed by atoms with Gasteiger partial charge in [0.15, 0.2) is 0 Å². The highest BCUT2D eigenvalue weighted by molar-refractivity contribution is 6.31. The molecule has 3 rings (SSSR count). The summed E-state index contributed by atoms with van der Waals surface area (Å²) >= 11 is 6.08. The van der Waals surface area contributed by atoms with Gasteiger partial charge in [-0.05, 0) is 36.6 Å². The van der Waals surface area contributed by atoms with Crippen molar-refractivity contribution in [2.45, 2.75) is 26.8 Å². The van der Waals surface area contributed by atoms with Crippen molar-refractivity contribution in [1.82, 2.24) is 24.8 Å². The van der Waals surface area contributed by atoms with Crippen LogP contribution in [0.3, 0.4) is 0 Å². The smallest absolute Gasteiger partial charge is 0.336 e. The average Bonchev–Trinajstić information content (AvgIpc) is 3.07. The molecule has 0 spiro atoms. The van der Waals surface area contributed by atoms with Crippen molar-refractivity contribution in [3.63, 3.8) is 0 Å². The molecule has 0 atom stereocenters. The van der Waals surface area contributed by atoms with Crippen molar-refractivity contribution in [2.75, 3.05) is 13.1 Å². The fraction of sp³-hybridized carbons (Fsp3) is 0.333. The van der Waals surface area contributed by atoms with Gasteiger partial charge in [-0.1, -0.05) is 25.4 Å². The fourth-order valence-corrected chi connectivity index (χ4v) is 3.43. The van der Waals surface area contributed by atoms with Crippen LogP contribution < -0.4 is 21.9 Å². The molecule has 170 valence electrons. The van der Waals surface area contributed by atoms with Gasteiger partial charge in [-0.25, -0.2) is 14.2 Å². The molecule has 0 aliphatic rings. The summed E-state index contributed by atoms with van der Waals surface area (Å²) in [7, 11) is 0. The van der Waals surface area contributed by atoms with Gasteiger partial charge in [-0.2, -0.15) is 4.39 Å². The maximum Gasteiger partial charge on any atom is 0.336 e. The Morgan fingerprint density at radius 1 is 1.16 bits per heavy atom. The summed E-state index contributed by atoms with van der Waals surface area (Å²) < 4.78 is 15.7. The molecule has 11 heteroatoms. The second kappa shape index (κ2) is 9.82. The Balaban J connectivity index is 1.59. The van der Waals surface area contributed by atoms with Crippen LogP contribution in [0.2, 0.25) is 5.02 Å². The third kappa shape index (κ3) is 5.25. The summed E-state index contributed by atoms with van der Waals surface area (Å²) in [6.45, 7) is 5.17. The number of halogens is 2. The van der Waals surface area contributed by atoms with E-state index in [9.17, 15) is 23.6 Å². The van der Waals surface area contributed by atoms with Crippen LogP contribution >= 0.6 is 11.6 Å². The number of hydrogen-bond donors (Lipinski definition) is 3. The number of nitrogens with zero attached hydrogens (tertiary/aromatic N) is 2. The van der Waals surface area contributed by atoms with Crippen LogP contribution in [-0.2, 0) is 6.54 Å². The fourth-order valence-electron chi connectivity index (χ4n) is 3.25. The van der Waals surface area contributed by atoms with Gasteiger partial charge in [0.2, 0.25) is 5.82 Å². The Morgan fingerprint density at radius 3 is 2.59 bits per heavy atom. The minimum absolute atomic E-state index is 0.122. The summed E-state index contributed by atoms with van der Waals surface area (Å²) in [4.78, 5) is 49.1. The summed E-state index contributed by atoms with van der Waals surface area (Å²) in [5.74, 6) is -1.18. The summed E-state index contributed by atoms with van der Waals surface area (Å²) in [6, 6.07) is 6.38. The SMILES string of the molecule is CC(C)Cn1c(C(=O)NCCCNC(=O)n2cc(F)c(=O)[nH]c2=O)cc2cc(Cl)ccc21. The van der Waals surface area contributed by atoms with Gasteiger partial charge in [0, 0.05) is 35.6 Å². The van der Waals surface area contributed by atoms with E-state index in [1.54, 1.807) is 17.1 Å². The Kier molecular flexibility index (Phi) is 7.14. The molecule has 3 aromatic rings. The molecule has 0 fully saturated rings. The number of nitrogens with one attached hydrogen (secondary N) is 3. The van der Waals surface area contributed by atoms with Gasteiger partial charge in [-0.15, -0.1) is 0 Å². The molecule has 2 heterocycles. The number of benzene rings is 1. The van der Waals surface area contributed by atoms with Gasteiger partial charge in [0.1, 0.15) is 5.69 Å². The number of carbonyl (C=O) groups is 2. The molecule has 0 unspecified atom stereocenters. The van der Waals surface area contributed by atoms with E-state index in [0.717, 1.165) is 10.9 Å². The lowest BCUT2D eigenvalue weighted by atomic mass is 10.2. The number of fused-ring (bicyclic) bond motifs is 1. The zero-order valence-electron chi connectivity index (χ0n) is 17.6. The predicted octanol–water partition coefficient (Wildman–Crippen LogP) is 2.32. The van der Waals surface area contributed by atoms with Crippen LogP contribution in [0.15, 0.2) is 40.1 Å². The number of aromatic amines is 1. The topological polar surface area (TPSA) is 118 Å². The van der Waals surface area contributed by atoms with E-state index in [-0.39, 0.29) is 19.0 Å². The van der Waals surface area contributed by atoms with E-state index < -0.39 is 23.1 Å². The van der Waals surface area contributed by atoms with E-state index in [4.69, 9.17) is 11.6 Å². The summed E-state index contributed by atoms with van der Waals surface area (Å²) in [5, 5.41) is 6.69. The first-order valence-electron chi connectivity index (χ1n) is 10.0.